The molecule has 1 aliphatic heterocycles. The Morgan fingerprint density at radius 2 is 2.05 bits per heavy atom. The number of carboxylic acids is 1. The smallest absolute Gasteiger partial charge is 0.410 e. The first-order chi connectivity index (χ1) is 9.66. The number of ether oxygens (including phenoxy) is 1. The van der Waals surface area contributed by atoms with E-state index >= 15 is 0 Å². The lowest BCUT2D eigenvalue weighted by Gasteiger charge is -2.46. The first-order valence-electron chi connectivity index (χ1n) is 6.48. The molecule has 2 heterocycles. The van der Waals surface area contributed by atoms with Crippen molar-refractivity contribution in [2.24, 2.45) is 0 Å². The average Bonchev–Trinajstić information content (AvgIpc) is 2.27. The van der Waals surface area contributed by atoms with Crippen molar-refractivity contribution >= 4 is 28.0 Å². The van der Waals surface area contributed by atoms with Crippen molar-refractivity contribution in [2.75, 3.05) is 13.1 Å². The van der Waals surface area contributed by atoms with E-state index in [-0.39, 0.29) is 13.1 Å². The Kier molecular flexibility index (Phi) is 3.97. The highest BCUT2D eigenvalue weighted by atomic mass is 79.9. The zero-order valence-corrected chi connectivity index (χ0v) is 13.7. The van der Waals surface area contributed by atoms with E-state index < -0.39 is 23.1 Å². The molecule has 1 aliphatic rings. The van der Waals surface area contributed by atoms with Gasteiger partial charge in [-0.25, -0.2) is 4.79 Å². The summed E-state index contributed by atoms with van der Waals surface area (Å²) in [4.78, 5) is 29.1. The predicted molar refractivity (Wildman–Crippen MR) is 79.1 cm³/mol. The second-order valence-electron chi connectivity index (χ2n) is 6.06. The summed E-state index contributed by atoms with van der Waals surface area (Å²) in [5, 5.41) is 9.55. The van der Waals surface area contributed by atoms with Crippen LogP contribution in [0, 0.1) is 0 Å². The molecule has 0 unspecified atom stereocenters. The molecule has 21 heavy (non-hydrogen) atoms. The molecule has 0 atom stereocenters. The zero-order valence-electron chi connectivity index (χ0n) is 12.1. The van der Waals surface area contributed by atoms with Gasteiger partial charge in [-0.2, -0.15) is 0 Å². The van der Waals surface area contributed by atoms with Gasteiger partial charge < -0.3 is 14.7 Å². The summed E-state index contributed by atoms with van der Waals surface area (Å²) < 4.78 is 5.86. The maximum Gasteiger partial charge on any atom is 0.410 e. The van der Waals surface area contributed by atoms with Gasteiger partial charge >= 0.3 is 12.1 Å². The molecule has 1 N–H and O–H groups in total. The highest BCUT2D eigenvalue weighted by Gasteiger charge is 2.55. The van der Waals surface area contributed by atoms with E-state index in [4.69, 9.17) is 4.74 Å². The van der Waals surface area contributed by atoms with E-state index in [0.717, 1.165) is 0 Å². The van der Waals surface area contributed by atoms with Crippen LogP contribution in [0.2, 0.25) is 0 Å². The van der Waals surface area contributed by atoms with Gasteiger partial charge in [0, 0.05) is 23.8 Å². The largest absolute Gasteiger partial charge is 0.480 e. The van der Waals surface area contributed by atoms with Crippen LogP contribution in [0.4, 0.5) is 4.79 Å². The molecular formula is C14H17BrN2O4. The summed E-state index contributed by atoms with van der Waals surface area (Å²) in [7, 11) is 0. The van der Waals surface area contributed by atoms with Gasteiger partial charge in [-0.05, 0) is 48.8 Å². The third kappa shape index (κ3) is 3.02. The van der Waals surface area contributed by atoms with Crippen molar-refractivity contribution in [1.29, 1.82) is 0 Å². The summed E-state index contributed by atoms with van der Waals surface area (Å²) in [6.45, 7) is 5.40. The van der Waals surface area contributed by atoms with Crippen LogP contribution in [0.1, 0.15) is 26.5 Å². The fraction of sp³-hybridized carbons (Fsp3) is 0.500. The van der Waals surface area contributed by atoms with Crippen LogP contribution in [0.5, 0.6) is 0 Å². The van der Waals surface area contributed by atoms with Crippen molar-refractivity contribution in [1.82, 2.24) is 9.88 Å². The quantitative estimate of drug-likeness (QED) is 0.879. The maximum atomic E-state index is 11.9. The van der Waals surface area contributed by atoms with E-state index in [0.29, 0.717) is 10.2 Å². The van der Waals surface area contributed by atoms with E-state index in [1.165, 1.54) is 4.90 Å². The summed E-state index contributed by atoms with van der Waals surface area (Å²) in [6, 6.07) is 3.45. The normalized spacial score (nSPS) is 17.0. The number of carbonyl (C=O) groups excluding carboxylic acids is 1. The third-order valence-corrected chi connectivity index (χ3v) is 3.83. The van der Waals surface area contributed by atoms with Gasteiger partial charge in [-0.1, -0.05) is 0 Å². The fourth-order valence-electron chi connectivity index (χ4n) is 2.19. The summed E-state index contributed by atoms with van der Waals surface area (Å²) in [5.74, 6) is -0.998. The van der Waals surface area contributed by atoms with Gasteiger partial charge in [0.05, 0.1) is 5.69 Å². The standard InChI is InChI=1S/C14H17BrN2O4/c1-13(2,3)21-12(20)17-7-14(8-17,11(18)19)10-9(15)5-4-6-16-10/h4-6H,7-8H2,1-3H3,(H,18,19). The summed E-state index contributed by atoms with van der Waals surface area (Å²) in [6.07, 6.45) is 1.03. The number of likely N-dealkylation sites (tertiary alicyclic amines) is 1. The van der Waals surface area contributed by atoms with E-state index in [1.54, 1.807) is 39.1 Å². The van der Waals surface area contributed by atoms with Crippen molar-refractivity contribution in [3.8, 4) is 0 Å². The van der Waals surface area contributed by atoms with Gasteiger partial charge in [0.25, 0.3) is 0 Å². The van der Waals surface area contributed by atoms with Crippen LogP contribution in [-0.2, 0) is 14.9 Å². The zero-order chi connectivity index (χ0) is 15.8. The number of hydrogen-bond donors (Lipinski definition) is 1. The number of amides is 1. The average molecular weight is 357 g/mol. The lowest BCUT2D eigenvalue weighted by molar-refractivity contribution is -0.150. The number of hydrogen-bond acceptors (Lipinski definition) is 4. The van der Waals surface area contributed by atoms with E-state index in [2.05, 4.69) is 20.9 Å². The van der Waals surface area contributed by atoms with Gasteiger partial charge in [-0.15, -0.1) is 0 Å². The Bertz CT molecular complexity index is 577. The molecule has 0 aromatic carbocycles. The molecule has 6 nitrogen and oxygen atoms in total. The van der Waals surface area contributed by atoms with Crippen molar-refractivity contribution in [3.05, 3.63) is 28.5 Å². The van der Waals surface area contributed by atoms with Crippen molar-refractivity contribution < 1.29 is 19.4 Å². The summed E-state index contributed by atoms with van der Waals surface area (Å²) in [5.41, 5.74) is -1.36. The minimum absolute atomic E-state index is 0.0485. The molecule has 1 saturated heterocycles. The Morgan fingerprint density at radius 1 is 1.43 bits per heavy atom. The lowest BCUT2D eigenvalue weighted by Crippen LogP contribution is -2.66. The molecular weight excluding hydrogens is 340 g/mol. The predicted octanol–water partition coefficient (Wildman–Crippen LogP) is 2.42. The molecule has 114 valence electrons. The highest BCUT2D eigenvalue weighted by molar-refractivity contribution is 9.10. The van der Waals surface area contributed by atoms with E-state index in [1.807, 2.05) is 0 Å². The molecule has 1 aromatic rings. The monoisotopic (exact) mass is 356 g/mol. The van der Waals surface area contributed by atoms with Gasteiger partial charge in [0.2, 0.25) is 0 Å². The SMILES string of the molecule is CC(C)(C)OC(=O)N1CC(C(=O)O)(c2ncccc2Br)C1. The number of aliphatic carboxylic acids is 1. The number of halogens is 1. The Labute approximate surface area is 131 Å². The topological polar surface area (TPSA) is 79.7 Å². The second kappa shape index (κ2) is 5.29. The minimum atomic E-state index is -1.18. The Balaban J connectivity index is 2.18. The number of aromatic nitrogens is 1. The molecule has 0 spiro atoms. The molecule has 2 rings (SSSR count). The van der Waals surface area contributed by atoms with Gasteiger partial charge in [-0.3, -0.25) is 9.78 Å². The first-order valence-corrected chi connectivity index (χ1v) is 7.27. The van der Waals surface area contributed by atoms with Crippen molar-refractivity contribution in [3.63, 3.8) is 0 Å². The molecule has 0 bridgehead atoms. The molecule has 7 heteroatoms. The number of carbonyl (C=O) groups is 2. The van der Waals surface area contributed by atoms with Gasteiger partial charge in [0.1, 0.15) is 11.0 Å². The molecule has 0 radical (unpaired) electrons. The lowest BCUT2D eigenvalue weighted by atomic mass is 9.76. The second-order valence-corrected chi connectivity index (χ2v) is 6.91. The van der Waals surface area contributed by atoms with E-state index in [9.17, 15) is 14.7 Å². The fourth-order valence-corrected chi connectivity index (χ4v) is 2.82. The first kappa shape index (κ1) is 15.8. The maximum absolute atomic E-state index is 11.9. The number of pyridine rings is 1. The van der Waals surface area contributed by atoms with Crippen LogP contribution in [0.15, 0.2) is 22.8 Å². The molecule has 0 aliphatic carbocycles. The van der Waals surface area contributed by atoms with Crippen LogP contribution >= 0.6 is 15.9 Å². The highest BCUT2D eigenvalue weighted by Crippen LogP contribution is 2.38. The van der Waals surface area contributed by atoms with Crippen LogP contribution in [0.3, 0.4) is 0 Å². The number of nitrogens with zero attached hydrogens (tertiary/aromatic N) is 2. The molecule has 1 fully saturated rings. The minimum Gasteiger partial charge on any atom is -0.480 e. The molecule has 0 saturated carbocycles. The van der Waals surface area contributed by atoms with Crippen molar-refractivity contribution in [2.45, 2.75) is 31.8 Å². The van der Waals surface area contributed by atoms with Gasteiger partial charge in [0.15, 0.2) is 0 Å². The van der Waals surface area contributed by atoms with Crippen LogP contribution in [-0.4, -0.2) is 45.7 Å². The summed E-state index contributed by atoms with van der Waals surface area (Å²) >= 11 is 3.32. The molecule has 1 amide bonds. The molecule has 1 aromatic heterocycles. The van der Waals surface area contributed by atoms with Crippen LogP contribution in [0.25, 0.3) is 0 Å². The Hall–Kier alpha value is -1.63. The third-order valence-electron chi connectivity index (χ3n) is 3.19. The van der Waals surface area contributed by atoms with Crippen LogP contribution < -0.4 is 0 Å². The number of rotatable bonds is 2. The number of carboxylic acid groups (broad SMARTS) is 1. The Morgan fingerprint density at radius 3 is 2.52 bits per heavy atom.